The zero-order valence-electron chi connectivity index (χ0n) is 19.6. The van der Waals surface area contributed by atoms with E-state index in [1.165, 1.54) is 17.2 Å². The average molecular weight is 459 g/mol. The zero-order valence-corrected chi connectivity index (χ0v) is 19.6. The van der Waals surface area contributed by atoms with E-state index in [0.29, 0.717) is 24.8 Å². The van der Waals surface area contributed by atoms with Crippen molar-refractivity contribution >= 4 is 0 Å². The molecule has 0 aliphatic rings. The molecule has 0 aliphatic heterocycles. The van der Waals surface area contributed by atoms with Crippen molar-refractivity contribution in [2.45, 2.75) is 45.7 Å². The number of rotatable bonds is 7. The summed E-state index contributed by atoms with van der Waals surface area (Å²) in [5, 5.41) is 0. The highest BCUT2D eigenvalue weighted by molar-refractivity contribution is 5.63. The normalized spacial score (nSPS) is 11.6. The molecule has 0 fully saturated rings. The summed E-state index contributed by atoms with van der Waals surface area (Å²) >= 11 is 0. The predicted octanol–water partition coefficient (Wildman–Crippen LogP) is 8.56. The van der Waals surface area contributed by atoms with Crippen molar-refractivity contribution in [3.63, 3.8) is 0 Å². The molecule has 0 nitrogen and oxygen atoms in total. The fraction of sp³-hybridized carbons (Fsp3) is 0.226. The maximum Gasteiger partial charge on any atom is 0.416 e. The van der Waals surface area contributed by atoms with Crippen LogP contribution in [0.25, 0.3) is 11.1 Å². The van der Waals surface area contributed by atoms with Gasteiger partial charge in [-0.15, -0.1) is 0 Å². The van der Waals surface area contributed by atoms with Gasteiger partial charge in [0.05, 0.1) is 5.56 Å². The van der Waals surface area contributed by atoms with Crippen molar-refractivity contribution in [2.24, 2.45) is 0 Å². The lowest BCUT2D eigenvalue weighted by Crippen LogP contribution is -2.11. The van der Waals surface area contributed by atoms with Crippen molar-refractivity contribution in [1.29, 1.82) is 0 Å². The number of alkyl halides is 3. The minimum Gasteiger partial charge on any atom is -0.166 e. The molecular formula is C31H29F3. The van der Waals surface area contributed by atoms with Crippen molar-refractivity contribution in [3.8, 4) is 11.1 Å². The molecule has 0 heterocycles. The van der Waals surface area contributed by atoms with Crippen LogP contribution in [0.15, 0.2) is 91.0 Å². The first-order valence-electron chi connectivity index (χ1n) is 11.7. The molecular weight excluding hydrogens is 429 g/mol. The predicted molar refractivity (Wildman–Crippen MR) is 134 cm³/mol. The molecule has 0 N–H and O–H groups in total. The topological polar surface area (TPSA) is 0 Å². The van der Waals surface area contributed by atoms with Gasteiger partial charge in [-0.3, -0.25) is 0 Å². The summed E-state index contributed by atoms with van der Waals surface area (Å²) in [7, 11) is 0. The summed E-state index contributed by atoms with van der Waals surface area (Å²) in [4.78, 5) is 0. The maximum absolute atomic E-state index is 13.8. The van der Waals surface area contributed by atoms with Gasteiger partial charge in [0.15, 0.2) is 0 Å². The molecule has 0 aliphatic carbocycles. The Labute approximate surface area is 200 Å². The van der Waals surface area contributed by atoms with Crippen molar-refractivity contribution in [1.82, 2.24) is 0 Å². The van der Waals surface area contributed by atoms with E-state index in [1.54, 1.807) is 6.07 Å². The van der Waals surface area contributed by atoms with Crippen molar-refractivity contribution in [3.05, 3.63) is 130 Å². The van der Waals surface area contributed by atoms with Gasteiger partial charge >= 0.3 is 6.18 Å². The lowest BCUT2D eigenvalue weighted by atomic mass is 9.94. The number of hydrogen-bond acceptors (Lipinski definition) is 0. The molecule has 3 heteroatoms. The molecule has 0 radical (unpaired) electrons. The summed E-state index contributed by atoms with van der Waals surface area (Å²) in [5.41, 5.74) is 7.37. The Bertz CT molecular complexity index is 1220. The second kappa shape index (κ2) is 10.3. The van der Waals surface area contributed by atoms with E-state index in [9.17, 15) is 13.2 Å². The van der Waals surface area contributed by atoms with E-state index in [2.05, 4.69) is 31.2 Å². The molecule has 0 saturated carbocycles. The molecule has 4 aromatic carbocycles. The van der Waals surface area contributed by atoms with E-state index in [0.717, 1.165) is 34.2 Å². The highest BCUT2D eigenvalue weighted by atomic mass is 19.4. The van der Waals surface area contributed by atoms with Crippen LogP contribution in [0.5, 0.6) is 0 Å². The quantitative estimate of drug-likeness (QED) is 0.260. The van der Waals surface area contributed by atoms with Gasteiger partial charge in [0.2, 0.25) is 0 Å². The Morgan fingerprint density at radius 1 is 0.500 bits per heavy atom. The Morgan fingerprint density at radius 2 is 0.912 bits per heavy atom. The number of benzene rings is 4. The van der Waals surface area contributed by atoms with Crippen LogP contribution in [0.3, 0.4) is 0 Å². The van der Waals surface area contributed by atoms with E-state index < -0.39 is 11.7 Å². The third-order valence-electron chi connectivity index (χ3n) is 6.32. The van der Waals surface area contributed by atoms with Crippen LogP contribution in [-0.2, 0) is 31.9 Å². The molecule has 0 unspecified atom stereocenters. The van der Waals surface area contributed by atoms with Gasteiger partial charge in [-0.25, -0.2) is 0 Å². The van der Waals surface area contributed by atoms with E-state index in [1.807, 2.05) is 61.5 Å². The first-order chi connectivity index (χ1) is 16.3. The van der Waals surface area contributed by atoms with Crippen LogP contribution in [-0.4, -0.2) is 0 Å². The first kappa shape index (κ1) is 23.8. The molecule has 0 aromatic heterocycles. The summed E-state index contributed by atoms with van der Waals surface area (Å²) in [6.45, 7) is 4.08. The first-order valence-corrected chi connectivity index (χ1v) is 11.7. The second-order valence-corrected chi connectivity index (χ2v) is 9.04. The highest BCUT2D eigenvalue weighted by Gasteiger charge is 2.33. The van der Waals surface area contributed by atoms with Crippen molar-refractivity contribution in [2.75, 3.05) is 0 Å². The van der Waals surface area contributed by atoms with Gasteiger partial charge < -0.3 is 0 Å². The van der Waals surface area contributed by atoms with Gasteiger partial charge in [-0.2, -0.15) is 13.2 Å². The Kier molecular flexibility index (Phi) is 7.21. The molecule has 0 saturated heterocycles. The monoisotopic (exact) mass is 458 g/mol. The summed E-state index contributed by atoms with van der Waals surface area (Å²) in [6, 6.07) is 29.4. The van der Waals surface area contributed by atoms with Crippen LogP contribution in [0.1, 0.15) is 38.9 Å². The van der Waals surface area contributed by atoms with E-state index in [-0.39, 0.29) is 0 Å². The molecule has 174 valence electrons. The lowest BCUT2D eigenvalue weighted by Gasteiger charge is -2.15. The Balaban J connectivity index is 1.44. The van der Waals surface area contributed by atoms with Crippen molar-refractivity contribution < 1.29 is 13.2 Å². The minimum absolute atomic E-state index is 0.356. The molecule has 34 heavy (non-hydrogen) atoms. The number of aryl methyl sites for hydroxylation is 6. The summed E-state index contributed by atoms with van der Waals surface area (Å²) < 4.78 is 41.5. The van der Waals surface area contributed by atoms with Crippen LogP contribution >= 0.6 is 0 Å². The van der Waals surface area contributed by atoms with Crippen LogP contribution < -0.4 is 0 Å². The highest BCUT2D eigenvalue weighted by Crippen LogP contribution is 2.34. The largest absolute Gasteiger partial charge is 0.416 e. The maximum atomic E-state index is 13.8. The van der Waals surface area contributed by atoms with Gasteiger partial charge in [-0.1, -0.05) is 96.1 Å². The average Bonchev–Trinajstić information content (AvgIpc) is 2.83. The third-order valence-corrected chi connectivity index (χ3v) is 6.32. The third kappa shape index (κ3) is 6.17. The zero-order chi connectivity index (χ0) is 24.1. The molecule has 4 rings (SSSR count). The van der Waals surface area contributed by atoms with Gasteiger partial charge in [0, 0.05) is 0 Å². The van der Waals surface area contributed by atoms with Gasteiger partial charge in [0.1, 0.15) is 0 Å². The summed E-state index contributed by atoms with van der Waals surface area (Å²) in [5.74, 6) is 0. The Hall–Kier alpha value is -3.33. The molecule has 4 aromatic rings. The number of hydrogen-bond donors (Lipinski definition) is 0. The summed E-state index contributed by atoms with van der Waals surface area (Å²) in [6.07, 6.45) is -2.11. The molecule has 0 spiro atoms. The van der Waals surface area contributed by atoms with E-state index in [4.69, 9.17) is 0 Å². The molecule has 0 amide bonds. The van der Waals surface area contributed by atoms with Gasteiger partial charge in [0.25, 0.3) is 0 Å². The molecule has 0 bridgehead atoms. The fourth-order valence-electron chi connectivity index (χ4n) is 4.19. The fourth-order valence-corrected chi connectivity index (χ4v) is 4.19. The Morgan fingerprint density at radius 3 is 1.47 bits per heavy atom. The van der Waals surface area contributed by atoms with Crippen LogP contribution in [0.2, 0.25) is 0 Å². The second-order valence-electron chi connectivity index (χ2n) is 9.04. The van der Waals surface area contributed by atoms with Crippen LogP contribution in [0.4, 0.5) is 13.2 Å². The van der Waals surface area contributed by atoms with Crippen LogP contribution in [0, 0.1) is 13.8 Å². The van der Waals surface area contributed by atoms with E-state index >= 15 is 0 Å². The van der Waals surface area contributed by atoms with Gasteiger partial charge in [-0.05, 0) is 79.0 Å². The smallest absolute Gasteiger partial charge is 0.166 e. The minimum atomic E-state index is -4.36. The SMILES string of the molecule is Cc1ccc(CCc2ccc(CCc3ccc(-c4ccc(C)cc4)cc3)c(C(F)(F)F)c2)cc1. The number of halogens is 3. The standard InChI is InChI=1S/C31H29F3/c1-22-3-7-24(8-4-22)9-10-26-14-20-29(30(21-26)31(32,33)34)19-13-25-11-17-28(18-12-25)27-15-5-23(2)6-16-27/h3-8,11-12,14-18,20-21H,9-10,13,19H2,1-2H3. The molecule has 0 atom stereocenters. The lowest BCUT2D eigenvalue weighted by molar-refractivity contribution is -0.138.